The van der Waals surface area contributed by atoms with E-state index in [0.29, 0.717) is 12.2 Å². The average molecular weight is 332 g/mol. The summed E-state index contributed by atoms with van der Waals surface area (Å²) >= 11 is 0. The maximum Gasteiger partial charge on any atom is 0.352 e. The standard InChI is InChI=1S/C20H18N3O2/c1-14(2)17-12-13-21-19(24)22(16-10-4-3-5-11-16)20(25)23(21)18(17)15-8-6-7-9-15/h3-12,18H,1,13H2,2H3. The third-order valence-electron chi connectivity index (χ3n) is 4.59. The zero-order valence-corrected chi connectivity index (χ0v) is 13.9. The molecule has 5 radical (unpaired) electrons. The molecule has 2 heterocycles. The first-order valence-corrected chi connectivity index (χ1v) is 8.17. The molecule has 2 aliphatic rings. The number of allylic oxidation sites excluding steroid dienone is 3. The van der Waals surface area contributed by atoms with Crippen LogP contribution in [0.3, 0.4) is 0 Å². The minimum absolute atomic E-state index is 0.329. The van der Waals surface area contributed by atoms with Crippen molar-refractivity contribution in [3.8, 4) is 5.69 Å². The number of nitrogens with zero attached hydrogens (tertiary/aromatic N) is 3. The van der Waals surface area contributed by atoms with Crippen LogP contribution in [0.5, 0.6) is 0 Å². The SMILES string of the molecule is C=C(C)C1=CCn2c(=O)n(-c3ccccc3)c(=O)n2C1[C]1[CH][CH][CH][CH]1. The lowest BCUT2D eigenvalue weighted by atomic mass is 9.87. The summed E-state index contributed by atoms with van der Waals surface area (Å²) in [5.41, 5.74) is 1.77. The maximum atomic E-state index is 13.2. The number of hydrogen-bond acceptors (Lipinski definition) is 2. The predicted octanol–water partition coefficient (Wildman–Crippen LogP) is 2.26. The van der Waals surface area contributed by atoms with Crippen molar-refractivity contribution in [3.05, 3.63) is 107 Å². The van der Waals surface area contributed by atoms with E-state index in [2.05, 4.69) is 6.58 Å². The third-order valence-corrected chi connectivity index (χ3v) is 4.59. The second-order valence-electron chi connectivity index (χ2n) is 6.22. The number of benzene rings is 1. The van der Waals surface area contributed by atoms with Crippen LogP contribution in [0.1, 0.15) is 13.0 Å². The van der Waals surface area contributed by atoms with Crippen LogP contribution in [0, 0.1) is 31.6 Å². The smallest absolute Gasteiger partial charge is 0.245 e. The second kappa shape index (κ2) is 6.06. The Kier molecular flexibility index (Phi) is 3.86. The number of fused-ring (bicyclic) bond motifs is 1. The topological polar surface area (TPSA) is 48.9 Å². The molecule has 1 atom stereocenters. The monoisotopic (exact) mass is 332 g/mol. The highest BCUT2D eigenvalue weighted by Crippen LogP contribution is 2.40. The molecule has 125 valence electrons. The highest BCUT2D eigenvalue weighted by atomic mass is 16.2. The number of rotatable bonds is 3. The first-order valence-electron chi connectivity index (χ1n) is 8.17. The van der Waals surface area contributed by atoms with E-state index in [-0.39, 0.29) is 17.4 Å². The summed E-state index contributed by atoms with van der Waals surface area (Å²) in [6.45, 7) is 6.33. The molecule has 1 saturated carbocycles. The van der Waals surface area contributed by atoms with Crippen molar-refractivity contribution >= 4 is 0 Å². The molecule has 1 aromatic carbocycles. The molecular weight excluding hydrogens is 314 g/mol. The van der Waals surface area contributed by atoms with Gasteiger partial charge in [-0.3, -0.25) is 0 Å². The molecule has 0 saturated heterocycles. The van der Waals surface area contributed by atoms with E-state index in [1.54, 1.807) is 16.8 Å². The van der Waals surface area contributed by atoms with Crippen molar-refractivity contribution in [2.45, 2.75) is 19.5 Å². The van der Waals surface area contributed by atoms with Gasteiger partial charge in [0.2, 0.25) is 0 Å². The van der Waals surface area contributed by atoms with E-state index in [9.17, 15) is 9.59 Å². The summed E-state index contributed by atoms with van der Waals surface area (Å²) in [6, 6.07) is 8.67. The fourth-order valence-corrected chi connectivity index (χ4v) is 3.44. The Balaban J connectivity index is 1.93. The Bertz CT molecular complexity index is 953. The van der Waals surface area contributed by atoms with Crippen LogP contribution in [0.15, 0.2) is 63.7 Å². The minimum Gasteiger partial charge on any atom is -0.245 e. The lowest BCUT2D eigenvalue weighted by Crippen LogP contribution is -2.37. The predicted molar refractivity (Wildman–Crippen MR) is 96.7 cm³/mol. The van der Waals surface area contributed by atoms with E-state index in [0.717, 1.165) is 17.1 Å². The van der Waals surface area contributed by atoms with Crippen molar-refractivity contribution < 1.29 is 0 Å². The van der Waals surface area contributed by atoms with Crippen LogP contribution in [0.25, 0.3) is 5.69 Å². The molecule has 0 spiro atoms. The van der Waals surface area contributed by atoms with Gasteiger partial charge in [0.15, 0.2) is 0 Å². The Hall–Kier alpha value is -2.56. The summed E-state index contributed by atoms with van der Waals surface area (Å²) in [7, 11) is 0. The van der Waals surface area contributed by atoms with Gasteiger partial charge in [0.25, 0.3) is 0 Å². The zero-order valence-electron chi connectivity index (χ0n) is 13.9. The molecule has 1 fully saturated rings. The highest BCUT2D eigenvalue weighted by molar-refractivity contribution is 5.47. The van der Waals surface area contributed by atoms with Crippen LogP contribution >= 0.6 is 0 Å². The van der Waals surface area contributed by atoms with Crippen LogP contribution in [-0.4, -0.2) is 13.9 Å². The number of aromatic nitrogens is 3. The van der Waals surface area contributed by atoms with Gasteiger partial charge in [-0.15, -0.1) is 0 Å². The van der Waals surface area contributed by atoms with Gasteiger partial charge in [0.1, 0.15) is 0 Å². The van der Waals surface area contributed by atoms with E-state index >= 15 is 0 Å². The quantitative estimate of drug-likeness (QED) is 0.866. The molecule has 25 heavy (non-hydrogen) atoms. The Morgan fingerprint density at radius 1 is 1.08 bits per heavy atom. The molecule has 0 amide bonds. The zero-order chi connectivity index (χ0) is 17.6. The van der Waals surface area contributed by atoms with Gasteiger partial charge in [-0.05, 0) is 50.3 Å². The first kappa shape index (κ1) is 15.9. The molecule has 2 aromatic rings. The molecule has 5 nitrogen and oxygen atoms in total. The third kappa shape index (κ3) is 2.46. The van der Waals surface area contributed by atoms with Gasteiger partial charge in [0.05, 0.1) is 18.3 Å². The van der Waals surface area contributed by atoms with Gasteiger partial charge < -0.3 is 0 Å². The van der Waals surface area contributed by atoms with Crippen molar-refractivity contribution in [1.29, 1.82) is 0 Å². The molecule has 0 N–H and O–H groups in total. The summed E-state index contributed by atoms with van der Waals surface area (Å²) in [6.07, 6.45) is 9.78. The van der Waals surface area contributed by atoms with Gasteiger partial charge in [-0.25, -0.2) is 23.5 Å². The Morgan fingerprint density at radius 2 is 1.76 bits per heavy atom. The lowest BCUT2D eigenvalue weighted by molar-refractivity contribution is 0.405. The fourth-order valence-electron chi connectivity index (χ4n) is 3.44. The fraction of sp³-hybridized carbons (Fsp3) is 0.150. The van der Waals surface area contributed by atoms with Crippen molar-refractivity contribution in [2.24, 2.45) is 0 Å². The van der Waals surface area contributed by atoms with Gasteiger partial charge in [-0.1, -0.05) is 36.4 Å². The van der Waals surface area contributed by atoms with Gasteiger partial charge in [-0.2, -0.15) is 0 Å². The Labute approximate surface area is 146 Å². The highest BCUT2D eigenvalue weighted by Gasteiger charge is 2.36. The molecule has 1 aliphatic heterocycles. The second-order valence-corrected chi connectivity index (χ2v) is 6.22. The van der Waals surface area contributed by atoms with Crippen LogP contribution in [-0.2, 0) is 6.54 Å². The van der Waals surface area contributed by atoms with Crippen molar-refractivity contribution in [3.63, 3.8) is 0 Å². The molecule has 1 unspecified atom stereocenters. The summed E-state index contributed by atoms with van der Waals surface area (Å²) < 4.78 is 4.28. The van der Waals surface area contributed by atoms with Crippen LogP contribution in [0.2, 0.25) is 0 Å². The summed E-state index contributed by atoms with van der Waals surface area (Å²) in [5, 5.41) is 0. The van der Waals surface area contributed by atoms with Gasteiger partial charge in [0, 0.05) is 5.92 Å². The molecule has 4 rings (SSSR count). The maximum absolute atomic E-state index is 13.2. The van der Waals surface area contributed by atoms with Crippen LogP contribution < -0.4 is 11.4 Å². The minimum atomic E-state index is -0.341. The number of hydrogen-bond donors (Lipinski definition) is 0. The molecule has 1 aliphatic carbocycles. The van der Waals surface area contributed by atoms with Gasteiger partial charge >= 0.3 is 11.4 Å². The van der Waals surface area contributed by atoms with Crippen molar-refractivity contribution in [2.75, 3.05) is 0 Å². The summed E-state index contributed by atoms with van der Waals surface area (Å²) in [4.78, 5) is 26.0. The van der Waals surface area contributed by atoms with E-state index in [1.807, 2.05) is 56.9 Å². The lowest BCUT2D eigenvalue weighted by Gasteiger charge is -2.31. The van der Waals surface area contributed by atoms with Crippen molar-refractivity contribution in [1.82, 2.24) is 13.9 Å². The molecule has 0 bridgehead atoms. The Morgan fingerprint density at radius 3 is 2.40 bits per heavy atom. The average Bonchev–Trinajstić information content (AvgIpc) is 3.23. The first-order chi connectivity index (χ1) is 12.1. The largest absolute Gasteiger partial charge is 0.352 e. The number of para-hydroxylation sites is 1. The normalized spacial score (nSPS) is 20.4. The molecule has 5 heteroatoms. The van der Waals surface area contributed by atoms with Crippen LogP contribution in [0.4, 0.5) is 0 Å². The van der Waals surface area contributed by atoms with E-state index < -0.39 is 0 Å². The molecular formula is C20H18N3O2. The van der Waals surface area contributed by atoms with E-state index in [1.165, 1.54) is 9.25 Å². The molecule has 1 aromatic heterocycles. The van der Waals surface area contributed by atoms with E-state index in [4.69, 9.17) is 0 Å². The summed E-state index contributed by atoms with van der Waals surface area (Å²) in [5.74, 6) is 0.968.